The number of ether oxygens (including phenoxy) is 1. The van der Waals surface area contributed by atoms with Crippen molar-refractivity contribution in [2.75, 3.05) is 35.7 Å². The van der Waals surface area contributed by atoms with Gasteiger partial charge < -0.3 is 15.0 Å². The smallest absolute Gasteiger partial charge is 0.325 e. The zero-order chi connectivity index (χ0) is 17.8. The van der Waals surface area contributed by atoms with E-state index in [2.05, 4.69) is 32.7 Å². The van der Waals surface area contributed by atoms with Crippen LogP contribution in [0.5, 0.6) is 5.75 Å². The van der Waals surface area contributed by atoms with E-state index in [9.17, 15) is 4.79 Å². The van der Waals surface area contributed by atoms with Crippen LogP contribution >= 0.6 is 22.9 Å². The quantitative estimate of drug-likeness (QED) is 0.834. The van der Waals surface area contributed by atoms with E-state index in [0.717, 1.165) is 24.6 Å². The summed E-state index contributed by atoms with van der Waals surface area (Å²) in [6.45, 7) is 4.18. The number of carbonyl (C=O) groups is 1. The molecule has 2 aromatic rings. The number of benzene rings is 1. The highest BCUT2D eigenvalue weighted by atomic mass is 35.5. The van der Waals surface area contributed by atoms with Crippen molar-refractivity contribution in [3.63, 3.8) is 0 Å². The second-order valence-corrected chi connectivity index (χ2v) is 7.40. The van der Waals surface area contributed by atoms with Gasteiger partial charge in [-0.25, -0.2) is 4.79 Å². The van der Waals surface area contributed by atoms with Crippen molar-refractivity contribution in [2.24, 2.45) is 5.92 Å². The van der Waals surface area contributed by atoms with Crippen LogP contribution in [-0.2, 0) is 0 Å². The van der Waals surface area contributed by atoms with E-state index in [0.29, 0.717) is 27.5 Å². The van der Waals surface area contributed by atoms with Gasteiger partial charge in [-0.05, 0) is 37.0 Å². The molecular formula is C16H20ClN5O2S. The van der Waals surface area contributed by atoms with Crippen molar-refractivity contribution >= 4 is 44.9 Å². The SMILES string of the molecule is COc1ccc(Cl)cc1NC(=O)Nc1nnc(N2CCC[C@H](C)C2)s1. The van der Waals surface area contributed by atoms with Gasteiger partial charge in [-0.15, -0.1) is 10.2 Å². The predicted molar refractivity (Wildman–Crippen MR) is 101 cm³/mol. The summed E-state index contributed by atoms with van der Waals surface area (Å²) in [5.41, 5.74) is 0.488. The number of rotatable bonds is 4. The van der Waals surface area contributed by atoms with Crippen molar-refractivity contribution in [1.82, 2.24) is 10.2 Å². The Balaban J connectivity index is 1.63. The number of nitrogens with one attached hydrogen (secondary N) is 2. The van der Waals surface area contributed by atoms with Crippen LogP contribution in [0.3, 0.4) is 0 Å². The Morgan fingerprint density at radius 3 is 3.00 bits per heavy atom. The summed E-state index contributed by atoms with van der Waals surface area (Å²) in [5, 5.41) is 15.5. The van der Waals surface area contributed by atoms with Gasteiger partial charge in [-0.1, -0.05) is 29.9 Å². The Morgan fingerprint density at radius 1 is 1.40 bits per heavy atom. The number of nitrogens with zero attached hydrogens (tertiary/aromatic N) is 3. The summed E-state index contributed by atoms with van der Waals surface area (Å²) in [6, 6.07) is 4.59. The number of methoxy groups -OCH3 is 1. The number of piperidine rings is 1. The fraction of sp³-hybridized carbons (Fsp3) is 0.438. The van der Waals surface area contributed by atoms with Crippen molar-refractivity contribution in [3.8, 4) is 5.75 Å². The normalized spacial score (nSPS) is 17.2. The molecule has 134 valence electrons. The molecule has 0 unspecified atom stereocenters. The Bertz CT molecular complexity index is 754. The highest BCUT2D eigenvalue weighted by Crippen LogP contribution is 2.30. The lowest BCUT2D eigenvalue weighted by molar-refractivity contribution is 0.262. The number of amides is 2. The summed E-state index contributed by atoms with van der Waals surface area (Å²) in [7, 11) is 1.53. The molecule has 7 nitrogen and oxygen atoms in total. The maximum absolute atomic E-state index is 12.2. The van der Waals surface area contributed by atoms with E-state index in [-0.39, 0.29) is 0 Å². The van der Waals surface area contributed by atoms with E-state index in [1.807, 2.05) is 0 Å². The molecule has 2 N–H and O–H groups in total. The second-order valence-electron chi connectivity index (χ2n) is 6.01. The van der Waals surface area contributed by atoms with Gasteiger partial charge in [-0.3, -0.25) is 5.32 Å². The molecule has 1 aliphatic heterocycles. The molecule has 0 saturated carbocycles. The van der Waals surface area contributed by atoms with E-state index < -0.39 is 6.03 Å². The molecule has 2 amide bonds. The maximum Gasteiger partial charge on any atom is 0.325 e. The van der Waals surface area contributed by atoms with Gasteiger partial charge >= 0.3 is 6.03 Å². The van der Waals surface area contributed by atoms with Crippen molar-refractivity contribution < 1.29 is 9.53 Å². The van der Waals surface area contributed by atoms with Crippen LogP contribution in [0.15, 0.2) is 18.2 Å². The Morgan fingerprint density at radius 2 is 2.24 bits per heavy atom. The van der Waals surface area contributed by atoms with Gasteiger partial charge in [0.1, 0.15) is 5.75 Å². The number of hydrogen-bond acceptors (Lipinski definition) is 6. The van der Waals surface area contributed by atoms with Gasteiger partial charge in [0.2, 0.25) is 10.3 Å². The number of anilines is 3. The predicted octanol–water partition coefficient (Wildman–Crippen LogP) is 4.08. The largest absolute Gasteiger partial charge is 0.495 e. The van der Waals surface area contributed by atoms with Crippen LogP contribution in [0.25, 0.3) is 0 Å². The minimum atomic E-state index is -0.421. The third-order valence-corrected chi connectivity index (χ3v) is 5.11. The summed E-state index contributed by atoms with van der Waals surface area (Å²) in [6.07, 6.45) is 2.39. The second kappa shape index (κ2) is 7.88. The first kappa shape index (κ1) is 17.8. The molecule has 2 heterocycles. The first-order valence-electron chi connectivity index (χ1n) is 8.05. The molecule has 0 aliphatic carbocycles. The molecule has 0 spiro atoms. The lowest BCUT2D eigenvalue weighted by Gasteiger charge is -2.29. The number of halogens is 1. The van der Waals surface area contributed by atoms with Gasteiger partial charge in [0.25, 0.3) is 0 Å². The first-order chi connectivity index (χ1) is 12.0. The van der Waals surface area contributed by atoms with Crippen LogP contribution in [-0.4, -0.2) is 36.4 Å². The molecular weight excluding hydrogens is 362 g/mol. The molecule has 1 aliphatic rings. The third kappa shape index (κ3) is 4.52. The van der Waals surface area contributed by atoms with E-state index in [4.69, 9.17) is 16.3 Å². The first-order valence-corrected chi connectivity index (χ1v) is 9.24. The molecule has 3 rings (SSSR count). The summed E-state index contributed by atoms with van der Waals surface area (Å²) < 4.78 is 5.21. The lowest BCUT2D eigenvalue weighted by Crippen LogP contribution is -2.34. The number of hydrogen-bond donors (Lipinski definition) is 2. The maximum atomic E-state index is 12.2. The minimum absolute atomic E-state index is 0.421. The number of carbonyl (C=O) groups excluding carboxylic acids is 1. The fourth-order valence-electron chi connectivity index (χ4n) is 2.79. The Labute approximate surface area is 155 Å². The van der Waals surface area contributed by atoms with Crippen molar-refractivity contribution in [2.45, 2.75) is 19.8 Å². The zero-order valence-corrected chi connectivity index (χ0v) is 15.7. The third-order valence-electron chi connectivity index (χ3n) is 3.97. The molecule has 25 heavy (non-hydrogen) atoms. The Hall–Kier alpha value is -2.06. The van der Waals surface area contributed by atoms with Crippen LogP contribution in [0.2, 0.25) is 5.02 Å². The molecule has 0 bridgehead atoms. The molecule has 1 aromatic carbocycles. The van der Waals surface area contributed by atoms with E-state index in [1.54, 1.807) is 18.2 Å². The molecule has 1 atom stereocenters. The molecule has 0 radical (unpaired) electrons. The van der Waals surface area contributed by atoms with Gasteiger partial charge in [0.05, 0.1) is 12.8 Å². The summed E-state index contributed by atoms with van der Waals surface area (Å²) >= 11 is 7.33. The molecule has 1 saturated heterocycles. The molecule has 1 aromatic heterocycles. The summed E-state index contributed by atoms with van der Waals surface area (Å²) in [4.78, 5) is 14.4. The zero-order valence-electron chi connectivity index (χ0n) is 14.1. The lowest BCUT2D eigenvalue weighted by atomic mass is 10.0. The highest BCUT2D eigenvalue weighted by molar-refractivity contribution is 7.19. The molecule has 9 heteroatoms. The fourth-order valence-corrected chi connectivity index (χ4v) is 3.73. The van der Waals surface area contributed by atoms with Crippen LogP contribution in [0, 0.1) is 5.92 Å². The van der Waals surface area contributed by atoms with Gasteiger partial charge in [0, 0.05) is 18.1 Å². The average Bonchev–Trinajstić information content (AvgIpc) is 3.03. The number of aromatic nitrogens is 2. The van der Waals surface area contributed by atoms with E-state index >= 15 is 0 Å². The number of urea groups is 1. The highest BCUT2D eigenvalue weighted by Gasteiger charge is 2.20. The Kier molecular flexibility index (Phi) is 5.60. The van der Waals surface area contributed by atoms with Gasteiger partial charge in [0.15, 0.2) is 0 Å². The van der Waals surface area contributed by atoms with Crippen LogP contribution < -0.4 is 20.3 Å². The topological polar surface area (TPSA) is 79.4 Å². The minimum Gasteiger partial charge on any atom is -0.495 e. The average molecular weight is 382 g/mol. The van der Waals surface area contributed by atoms with Crippen molar-refractivity contribution in [1.29, 1.82) is 0 Å². The van der Waals surface area contributed by atoms with Crippen molar-refractivity contribution in [3.05, 3.63) is 23.2 Å². The molecule has 1 fully saturated rings. The van der Waals surface area contributed by atoms with Gasteiger partial charge in [-0.2, -0.15) is 0 Å². The van der Waals surface area contributed by atoms with Crippen LogP contribution in [0.1, 0.15) is 19.8 Å². The standard InChI is InChI=1S/C16H20ClN5O2S/c1-10-4-3-7-22(9-10)16-21-20-15(25-16)19-14(23)18-12-8-11(17)5-6-13(12)24-2/h5-6,8,10H,3-4,7,9H2,1-2H3,(H2,18,19,20,23)/t10-/m0/s1. The van der Waals surface area contributed by atoms with Crippen LogP contribution in [0.4, 0.5) is 20.7 Å². The van der Waals surface area contributed by atoms with E-state index in [1.165, 1.54) is 24.9 Å². The monoisotopic (exact) mass is 381 g/mol. The summed E-state index contributed by atoms with van der Waals surface area (Å²) in [5.74, 6) is 1.17.